The molecular formula is C33H38N6O3. The first-order chi connectivity index (χ1) is 20.2. The summed E-state index contributed by atoms with van der Waals surface area (Å²) in [5.74, 6) is 1.67. The van der Waals surface area contributed by atoms with Gasteiger partial charge >= 0.3 is 0 Å². The molecule has 3 N–H and O–H groups in total. The summed E-state index contributed by atoms with van der Waals surface area (Å²) in [6, 6.07) is 17.9. The number of hydrogen-bond donors (Lipinski definition) is 2. The van der Waals surface area contributed by atoms with Crippen LogP contribution in [0.3, 0.4) is 0 Å². The molecule has 2 aliphatic rings. The van der Waals surface area contributed by atoms with Crippen LogP contribution in [0.4, 0.5) is 17.5 Å². The summed E-state index contributed by atoms with van der Waals surface area (Å²) in [6.45, 7) is 9.86. The van der Waals surface area contributed by atoms with Crippen molar-refractivity contribution >= 4 is 23.4 Å². The number of benzene rings is 2. The Bertz CT molecular complexity index is 1630. The van der Waals surface area contributed by atoms with Crippen molar-refractivity contribution in [2.75, 3.05) is 37.9 Å². The molecule has 0 radical (unpaired) electrons. The van der Waals surface area contributed by atoms with Crippen LogP contribution in [0, 0.1) is 12.3 Å². The minimum Gasteiger partial charge on any atom is -0.491 e. The second-order valence-electron chi connectivity index (χ2n) is 12.0. The quantitative estimate of drug-likeness (QED) is 0.262. The van der Waals surface area contributed by atoms with Gasteiger partial charge in [-0.25, -0.2) is 4.98 Å². The van der Waals surface area contributed by atoms with Crippen molar-refractivity contribution in [3.63, 3.8) is 0 Å². The minimum atomic E-state index is 0.116. The van der Waals surface area contributed by atoms with Gasteiger partial charge in [0.05, 0.1) is 12.3 Å². The fourth-order valence-electron chi connectivity index (χ4n) is 6.05. The number of methoxy groups -OCH3 is 1. The van der Waals surface area contributed by atoms with Crippen LogP contribution in [0.1, 0.15) is 46.7 Å². The lowest BCUT2D eigenvalue weighted by molar-refractivity contribution is 0.0688. The Morgan fingerprint density at radius 3 is 2.57 bits per heavy atom. The van der Waals surface area contributed by atoms with Crippen molar-refractivity contribution in [3.8, 4) is 17.0 Å². The summed E-state index contributed by atoms with van der Waals surface area (Å²) in [7, 11) is 1.65. The van der Waals surface area contributed by atoms with Crippen LogP contribution in [0.2, 0.25) is 0 Å². The zero-order valence-electron chi connectivity index (χ0n) is 24.7. The van der Waals surface area contributed by atoms with Crippen molar-refractivity contribution in [1.29, 1.82) is 0 Å². The Hall–Kier alpha value is -4.37. The Kier molecular flexibility index (Phi) is 7.36. The predicted molar refractivity (Wildman–Crippen MR) is 164 cm³/mol. The second kappa shape index (κ2) is 11.1. The average molecular weight is 567 g/mol. The van der Waals surface area contributed by atoms with Crippen molar-refractivity contribution in [1.82, 2.24) is 19.4 Å². The third-order valence-corrected chi connectivity index (χ3v) is 8.14. The van der Waals surface area contributed by atoms with Crippen LogP contribution >= 0.6 is 0 Å². The SMILES string of the molecule is COCCOc1ccc(Nc2cc(-c3ccc(CN4CCn5c(cc6c5CC(C)(C)C6)C4=O)c(C)c3)nc(N)n2)cc1. The topological polar surface area (TPSA) is 108 Å². The van der Waals surface area contributed by atoms with Crippen LogP contribution in [0.5, 0.6) is 5.75 Å². The fourth-order valence-corrected chi connectivity index (χ4v) is 6.05. The summed E-state index contributed by atoms with van der Waals surface area (Å²) in [4.78, 5) is 24.3. The van der Waals surface area contributed by atoms with Crippen molar-refractivity contribution in [2.24, 2.45) is 5.41 Å². The van der Waals surface area contributed by atoms with E-state index in [2.05, 4.69) is 58.8 Å². The van der Waals surface area contributed by atoms with Gasteiger partial charge in [-0.15, -0.1) is 0 Å². The lowest BCUT2D eigenvalue weighted by Gasteiger charge is -2.30. The molecule has 42 heavy (non-hydrogen) atoms. The van der Waals surface area contributed by atoms with Crippen LogP contribution in [-0.2, 0) is 30.7 Å². The number of anilines is 3. The normalized spacial score (nSPS) is 15.4. The number of nitrogens with two attached hydrogens (primary N) is 1. The molecule has 1 aliphatic carbocycles. The van der Waals surface area contributed by atoms with Gasteiger partial charge in [-0.1, -0.05) is 26.0 Å². The molecule has 0 unspecified atom stereocenters. The maximum Gasteiger partial charge on any atom is 0.270 e. The molecule has 9 heteroatoms. The van der Waals surface area contributed by atoms with Crippen LogP contribution < -0.4 is 15.8 Å². The molecule has 0 saturated heterocycles. The molecular weight excluding hydrogens is 528 g/mol. The highest BCUT2D eigenvalue weighted by Gasteiger charge is 2.36. The van der Waals surface area contributed by atoms with E-state index in [1.807, 2.05) is 41.3 Å². The number of amides is 1. The Morgan fingerprint density at radius 1 is 1.00 bits per heavy atom. The number of rotatable bonds is 9. The van der Waals surface area contributed by atoms with E-state index < -0.39 is 0 Å². The first kappa shape index (κ1) is 27.8. The number of hydrogen-bond acceptors (Lipinski definition) is 7. The second-order valence-corrected chi connectivity index (χ2v) is 12.0. The number of nitrogens with zero attached hydrogens (tertiary/aromatic N) is 4. The number of carbonyl (C=O) groups excluding carboxylic acids is 1. The molecule has 1 aliphatic heterocycles. The third-order valence-electron chi connectivity index (χ3n) is 8.14. The largest absolute Gasteiger partial charge is 0.491 e. The van der Waals surface area contributed by atoms with Gasteiger partial charge in [0.15, 0.2) is 0 Å². The molecule has 0 atom stereocenters. The number of fused-ring (bicyclic) bond motifs is 3. The van der Waals surface area contributed by atoms with Crippen LogP contribution in [-0.4, -0.2) is 52.2 Å². The molecule has 1 amide bonds. The minimum absolute atomic E-state index is 0.116. The summed E-state index contributed by atoms with van der Waals surface area (Å²) < 4.78 is 12.9. The first-order valence-electron chi connectivity index (χ1n) is 14.4. The highest BCUT2D eigenvalue weighted by atomic mass is 16.5. The molecule has 218 valence electrons. The monoisotopic (exact) mass is 566 g/mol. The molecule has 2 aromatic carbocycles. The first-order valence-corrected chi connectivity index (χ1v) is 14.4. The van der Waals surface area contributed by atoms with Crippen LogP contribution in [0.15, 0.2) is 54.6 Å². The Morgan fingerprint density at radius 2 is 1.81 bits per heavy atom. The highest BCUT2D eigenvalue weighted by molar-refractivity contribution is 5.94. The zero-order chi connectivity index (χ0) is 29.4. The summed E-state index contributed by atoms with van der Waals surface area (Å²) in [6.07, 6.45) is 2.08. The number of nitrogen functional groups attached to an aromatic ring is 1. The van der Waals surface area contributed by atoms with E-state index in [-0.39, 0.29) is 17.3 Å². The van der Waals surface area contributed by atoms with Gasteiger partial charge in [0.2, 0.25) is 5.95 Å². The smallest absolute Gasteiger partial charge is 0.270 e. The maximum absolute atomic E-state index is 13.4. The molecule has 4 aromatic rings. The van der Waals surface area contributed by atoms with Crippen molar-refractivity contribution < 1.29 is 14.3 Å². The van der Waals surface area contributed by atoms with E-state index >= 15 is 0 Å². The van der Waals surface area contributed by atoms with Gasteiger partial charge in [-0.05, 0) is 78.3 Å². The predicted octanol–water partition coefficient (Wildman–Crippen LogP) is 5.39. The molecule has 3 heterocycles. The molecule has 0 saturated carbocycles. The van der Waals surface area contributed by atoms with Crippen LogP contribution in [0.25, 0.3) is 11.3 Å². The van der Waals surface area contributed by atoms with Crippen molar-refractivity contribution in [3.05, 3.63) is 82.7 Å². The van der Waals surface area contributed by atoms with E-state index in [1.54, 1.807) is 7.11 Å². The molecule has 0 bridgehead atoms. The van der Waals surface area contributed by atoms with E-state index in [9.17, 15) is 4.79 Å². The van der Waals surface area contributed by atoms with Gasteiger partial charge < -0.3 is 30.0 Å². The lowest BCUT2D eigenvalue weighted by Crippen LogP contribution is -2.40. The Labute approximate surface area is 246 Å². The molecule has 0 spiro atoms. The third kappa shape index (κ3) is 5.69. The molecule has 9 nitrogen and oxygen atoms in total. The maximum atomic E-state index is 13.4. The number of aryl methyl sites for hydroxylation is 1. The van der Waals surface area contributed by atoms with Gasteiger partial charge in [0, 0.05) is 49.8 Å². The number of ether oxygens (including phenoxy) is 2. The average Bonchev–Trinajstić information content (AvgIpc) is 3.44. The number of carbonyl (C=O) groups is 1. The van der Waals surface area contributed by atoms with E-state index in [0.29, 0.717) is 32.1 Å². The zero-order valence-corrected chi connectivity index (χ0v) is 24.7. The summed E-state index contributed by atoms with van der Waals surface area (Å²) in [5, 5.41) is 3.30. The number of nitrogens with one attached hydrogen (secondary N) is 1. The summed E-state index contributed by atoms with van der Waals surface area (Å²) in [5.41, 5.74) is 14.6. The highest BCUT2D eigenvalue weighted by Crippen LogP contribution is 2.39. The van der Waals surface area contributed by atoms with E-state index in [4.69, 9.17) is 15.2 Å². The lowest BCUT2D eigenvalue weighted by atomic mass is 9.90. The Balaban J connectivity index is 1.14. The van der Waals surface area contributed by atoms with Gasteiger partial charge in [0.25, 0.3) is 5.91 Å². The summed E-state index contributed by atoms with van der Waals surface area (Å²) >= 11 is 0. The standard InChI is InChI=1S/C33H38N6O3/c1-21-15-22(27-17-30(37-32(34)36-27)35-25-7-9-26(10-8-25)42-14-13-41-4)5-6-23(21)20-38-11-12-39-28(31(38)40)16-24-18-33(2,3)19-29(24)39/h5-10,15-17H,11-14,18-20H2,1-4H3,(H3,34,35,36,37). The van der Waals surface area contributed by atoms with Gasteiger partial charge in [-0.3, -0.25) is 4.79 Å². The molecule has 0 fully saturated rings. The van der Waals surface area contributed by atoms with E-state index in [1.165, 1.54) is 11.3 Å². The van der Waals surface area contributed by atoms with Gasteiger partial charge in [-0.2, -0.15) is 4.98 Å². The van der Waals surface area contributed by atoms with Gasteiger partial charge in [0.1, 0.15) is 23.9 Å². The van der Waals surface area contributed by atoms with Crippen molar-refractivity contribution in [2.45, 2.75) is 46.7 Å². The molecule has 2 aromatic heterocycles. The fraction of sp³-hybridized carbons (Fsp3) is 0.364. The molecule has 6 rings (SSSR count). The van der Waals surface area contributed by atoms with E-state index in [0.717, 1.165) is 58.9 Å². The number of aromatic nitrogens is 3.